The van der Waals surface area contributed by atoms with Gasteiger partial charge in [-0.15, -0.1) is 0 Å². The molecule has 0 N–H and O–H groups in total. The molecule has 7 atom stereocenters. The van der Waals surface area contributed by atoms with E-state index in [0.29, 0.717) is 6.42 Å². The normalized spacial score (nSPS) is 40.3. The molecule has 0 amide bonds. The van der Waals surface area contributed by atoms with E-state index in [-0.39, 0.29) is 49.7 Å². The second-order valence-electron chi connectivity index (χ2n) is 6.08. The van der Waals surface area contributed by atoms with Gasteiger partial charge in [0.15, 0.2) is 0 Å². The lowest BCUT2D eigenvalue weighted by molar-refractivity contribution is -0.0344. The van der Waals surface area contributed by atoms with Crippen LogP contribution in [0.25, 0.3) is 0 Å². The molecule has 2 aliphatic heterocycles. The molecule has 5 unspecified atom stereocenters. The molecule has 2 saturated heterocycles. The summed E-state index contributed by atoms with van der Waals surface area (Å²) in [4.78, 5) is 0. The highest BCUT2D eigenvalue weighted by atomic mass is 31.2. The summed E-state index contributed by atoms with van der Waals surface area (Å²) in [6.07, 6.45) is 0.671. The first-order valence-corrected chi connectivity index (χ1v) is 9.82. The molecular weight excluding hydrogens is 322 g/mol. The van der Waals surface area contributed by atoms with Gasteiger partial charge in [-0.25, -0.2) is 0 Å². The smallest absolute Gasteiger partial charge is 0.327 e. The van der Waals surface area contributed by atoms with E-state index in [1.807, 2.05) is 6.92 Å². The zero-order valence-corrected chi connectivity index (χ0v) is 15.1. The molecule has 9 heteroatoms. The number of ether oxygens (including phenoxy) is 4. The third-order valence-electron chi connectivity index (χ3n) is 4.17. The molecule has 0 saturated carbocycles. The molecule has 0 bridgehead atoms. The average molecular weight is 348 g/mol. The Morgan fingerprint density at radius 2 is 1.57 bits per heavy atom. The topological polar surface area (TPSA) is 72.5 Å². The highest BCUT2D eigenvalue weighted by molar-refractivity contribution is 7.52. The standard InChI is InChI=1S/C14H26BO7P/c1-9-5-10(17-2)12(21-9)7-19-23(4,16)20-8-13-11(18-3)6-14(15)22-13/h9-14H,5-8H2,1-4H3/t9?,10?,11?,12?,13-,14-,23?/m1/s1. The van der Waals surface area contributed by atoms with Crippen LogP contribution in [-0.4, -0.2) is 78.5 Å². The van der Waals surface area contributed by atoms with Gasteiger partial charge in [0, 0.05) is 33.3 Å². The predicted molar refractivity (Wildman–Crippen MR) is 85.0 cm³/mol. The second-order valence-corrected chi connectivity index (χ2v) is 8.14. The van der Waals surface area contributed by atoms with Gasteiger partial charge in [0.2, 0.25) is 0 Å². The van der Waals surface area contributed by atoms with Crippen molar-refractivity contribution in [3.05, 3.63) is 0 Å². The number of hydrogen-bond acceptors (Lipinski definition) is 7. The Morgan fingerprint density at radius 1 is 1.04 bits per heavy atom. The molecule has 2 radical (unpaired) electrons. The molecule has 2 heterocycles. The largest absolute Gasteiger partial charge is 0.380 e. The summed E-state index contributed by atoms with van der Waals surface area (Å²) in [5.74, 6) is 0. The molecule has 0 aliphatic carbocycles. The van der Waals surface area contributed by atoms with Crippen LogP contribution >= 0.6 is 7.60 Å². The fourth-order valence-electron chi connectivity index (χ4n) is 2.91. The van der Waals surface area contributed by atoms with Crippen molar-refractivity contribution in [2.45, 2.75) is 56.3 Å². The van der Waals surface area contributed by atoms with Crippen LogP contribution in [0.5, 0.6) is 0 Å². The molecule has 132 valence electrons. The maximum absolute atomic E-state index is 12.4. The van der Waals surface area contributed by atoms with E-state index in [1.165, 1.54) is 6.66 Å². The van der Waals surface area contributed by atoms with Crippen LogP contribution in [0.4, 0.5) is 0 Å². The van der Waals surface area contributed by atoms with Crippen LogP contribution in [0.2, 0.25) is 0 Å². The van der Waals surface area contributed by atoms with Gasteiger partial charge in [-0.05, 0) is 13.3 Å². The van der Waals surface area contributed by atoms with Crippen LogP contribution in [0.15, 0.2) is 0 Å². The SMILES string of the molecule is [B][C@H]1CC(OC)[C@@H](COP(C)(=O)OCC2OC(C)CC2OC)O1. The fourth-order valence-corrected chi connectivity index (χ4v) is 3.82. The Bertz CT molecular complexity index is 390. The van der Waals surface area contributed by atoms with Gasteiger partial charge in [0.05, 0.1) is 31.5 Å². The first kappa shape index (κ1) is 19.4. The molecule has 7 nitrogen and oxygen atoms in total. The molecule has 0 spiro atoms. The summed E-state index contributed by atoms with van der Waals surface area (Å²) < 4.78 is 45.1. The first-order valence-electron chi connectivity index (χ1n) is 7.83. The summed E-state index contributed by atoms with van der Waals surface area (Å²) in [5.41, 5.74) is 0. The maximum Gasteiger partial charge on any atom is 0.327 e. The van der Waals surface area contributed by atoms with Crippen molar-refractivity contribution in [1.82, 2.24) is 0 Å². The number of hydrogen-bond donors (Lipinski definition) is 0. The Morgan fingerprint density at radius 3 is 2.13 bits per heavy atom. The fraction of sp³-hybridized carbons (Fsp3) is 1.00. The van der Waals surface area contributed by atoms with Crippen LogP contribution < -0.4 is 0 Å². The van der Waals surface area contributed by atoms with Crippen molar-refractivity contribution < 1.29 is 32.6 Å². The van der Waals surface area contributed by atoms with E-state index < -0.39 is 7.60 Å². The molecule has 2 aliphatic rings. The van der Waals surface area contributed by atoms with Gasteiger partial charge < -0.3 is 28.0 Å². The lowest BCUT2D eigenvalue weighted by atomic mass is 9.96. The lowest BCUT2D eigenvalue weighted by Gasteiger charge is -2.22. The Hall–Kier alpha value is 0.0549. The number of rotatable bonds is 8. The van der Waals surface area contributed by atoms with E-state index in [4.69, 9.17) is 35.8 Å². The van der Waals surface area contributed by atoms with Crippen molar-refractivity contribution in [2.75, 3.05) is 34.1 Å². The van der Waals surface area contributed by atoms with Crippen molar-refractivity contribution in [1.29, 1.82) is 0 Å². The minimum absolute atomic E-state index is 0.0564. The zero-order valence-electron chi connectivity index (χ0n) is 14.2. The monoisotopic (exact) mass is 348 g/mol. The van der Waals surface area contributed by atoms with E-state index in [2.05, 4.69) is 0 Å². The van der Waals surface area contributed by atoms with E-state index in [0.717, 1.165) is 6.42 Å². The minimum atomic E-state index is -3.22. The number of methoxy groups -OCH3 is 2. The van der Waals surface area contributed by atoms with Crippen molar-refractivity contribution >= 4 is 15.4 Å². The van der Waals surface area contributed by atoms with Crippen molar-refractivity contribution in [3.8, 4) is 0 Å². The highest BCUT2D eigenvalue weighted by Crippen LogP contribution is 2.45. The van der Waals surface area contributed by atoms with Crippen LogP contribution in [0.1, 0.15) is 19.8 Å². The van der Waals surface area contributed by atoms with Crippen LogP contribution in [0, 0.1) is 0 Å². The molecular formula is C14H26BO7P. The highest BCUT2D eigenvalue weighted by Gasteiger charge is 2.37. The molecule has 0 aromatic rings. The van der Waals surface area contributed by atoms with Crippen molar-refractivity contribution in [2.24, 2.45) is 0 Å². The Kier molecular flexibility index (Phi) is 7.10. The first-order chi connectivity index (χ1) is 10.8. The van der Waals surface area contributed by atoms with Gasteiger partial charge in [-0.3, -0.25) is 4.57 Å². The van der Waals surface area contributed by atoms with E-state index >= 15 is 0 Å². The van der Waals surface area contributed by atoms with E-state index in [1.54, 1.807) is 14.2 Å². The summed E-state index contributed by atoms with van der Waals surface area (Å²) in [6.45, 7) is 3.68. The predicted octanol–water partition coefficient (Wildman–Crippen LogP) is 1.33. The molecule has 2 fully saturated rings. The summed E-state index contributed by atoms with van der Waals surface area (Å²) in [7, 11) is 5.72. The Labute approximate surface area is 139 Å². The third-order valence-corrected chi connectivity index (χ3v) is 5.40. The van der Waals surface area contributed by atoms with Crippen LogP contribution in [-0.2, 0) is 32.6 Å². The average Bonchev–Trinajstić information content (AvgIpc) is 3.05. The summed E-state index contributed by atoms with van der Waals surface area (Å²) in [6, 6.07) is -0.387. The molecule has 2 rings (SSSR count). The lowest BCUT2D eigenvalue weighted by Crippen LogP contribution is -2.29. The van der Waals surface area contributed by atoms with Gasteiger partial charge >= 0.3 is 7.60 Å². The second kappa shape index (κ2) is 8.43. The molecule has 0 aromatic carbocycles. The Balaban J connectivity index is 1.77. The zero-order chi connectivity index (χ0) is 17.0. The third kappa shape index (κ3) is 5.53. The van der Waals surface area contributed by atoms with E-state index in [9.17, 15) is 4.57 Å². The van der Waals surface area contributed by atoms with Crippen molar-refractivity contribution in [3.63, 3.8) is 0 Å². The molecule has 0 aromatic heterocycles. The quantitative estimate of drug-likeness (QED) is 0.484. The summed E-state index contributed by atoms with van der Waals surface area (Å²) >= 11 is 0. The minimum Gasteiger partial charge on any atom is -0.380 e. The van der Waals surface area contributed by atoms with Gasteiger partial charge in [-0.1, -0.05) is 0 Å². The molecule has 23 heavy (non-hydrogen) atoms. The van der Waals surface area contributed by atoms with Crippen LogP contribution in [0.3, 0.4) is 0 Å². The van der Waals surface area contributed by atoms with Gasteiger partial charge in [0.1, 0.15) is 20.1 Å². The van der Waals surface area contributed by atoms with Gasteiger partial charge in [-0.2, -0.15) is 0 Å². The van der Waals surface area contributed by atoms with Gasteiger partial charge in [0.25, 0.3) is 0 Å². The maximum atomic E-state index is 12.4. The summed E-state index contributed by atoms with van der Waals surface area (Å²) in [5, 5.41) is 0.